The second kappa shape index (κ2) is 6.67. The molecule has 0 aliphatic rings. The fraction of sp³-hybridized carbons (Fsp3) is 0.143. The van der Waals surface area contributed by atoms with Gasteiger partial charge in [0.2, 0.25) is 0 Å². The molecule has 0 fully saturated rings. The van der Waals surface area contributed by atoms with Crippen LogP contribution in [0.5, 0.6) is 0 Å². The number of fused-ring (bicyclic) bond motifs is 1. The van der Waals surface area contributed by atoms with Crippen LogP contribution in [0.4, 0.5) is 0 Å². The molecule has 0 radical (unpaired) electrons. The van der Waals surface area contributed by atoms with Gasteiger partial charge in [0.25, 0.3) is 5.91 Å². The number of hydrogen-bond acceptors (Lipinski definition) is 2. The third-order valence-corrected chi connectivity index (χ3v) is 4.28. The van der Waals surface area contributed by atoms with Gasteiger partial charge in [-0.1, -0.05) is 54.6 Å². The Morgan fingerprint density at radius 2 is 1.79 bits per heavy atom. The van der Waals surface area contributed by atoms with Crippen molar-refractivity contribution in [3.63, 3.8) is 0 Å². The summed E-state index contributed by atoms with van der Waals surface area (Å²) in [6.45, 7) is 3.84. The first-order valence-electron chi connectivity index (χ1n) is 7.94. The van der Waals surface area contributed by atoms with E-state index in [0.717, 1.165) is 28.2 Å². The Kier molecular flexibility index (Phi) is 4.43. The van der Waals surface area contributed by atoms with E-state index in [9.17, 15) is 9.59 Å². The van der Waals surface area contributed by atoms with Crippen LogP contribution < -0.4 is 5.32 Å². The number of carbonyl (C=O) groups excluding carboxylic acids is 2. The van der Waals surface area contributed by atoms with Crippen LogP contribution in [0, 0.1) is 6.92 Å². The molecule has 0 aliphatic heterocycles. The Morgan fingerprint density at radius 3 is 2.58 bits per heavy atom. The van der Waals surface area contributed by atoms with E-state index in [4.69, 9.17) is 0 Å². The molecule has 0 saturated heterocycles. The standard InChI is InChI=1S/C21H19NO2/c1-14-10-11-16(13-23)12-20(14)21(24)22-15(2)18-9-5-7-17-6-3-4-8-19(17)18/h3-13,15H,1-2H3,(H,22,24). The van der Waals surface area contributed by atoms with Gasteiger partial charge in [0.1, 0.15) is 6.29 Å². The molecule has 0 bridgehead atoms. The number of benzene rings is 3. The van der Waals surface area contributed by atoms with E-state index in [2.05, 4.69) is 23.5 Å². The van der Waals surface area contributed by atoms with Gasteiger partial charge in [-0.25, -0.2) is 0 Å². The van der Waals surface area contributed by atoms with E-state index in [-0.39, 0.29) is 11.9 Å². The Labute approximate surface area is 141 Å². The van der Waals surface area contributed by atoms with Crippen LogP contribution in [0.25, 0.3) is 10.8 Å². The Balaban J connectivity index is 1.90. The van der Waals surface area contributed by atoms with Gasteiger partial charge >= 0.3 is 0 Å². The normalized spacial score (nSPS) is 11.9. The minimum Gasteiger partial charge on any atom is -0.345 e. The maximum Gasteiger partial charge on any atom is 0.252 e. The lowest BCUT2D eigenvalue weighted by atomic mass is 9.99. The van der Waals surface area contributed by atoms with Gasteiger partial charge in [0, 0.05) is 11.1 Å². The zero-order chi connectivity index (χ0) is 17.1. The molecule has 0 heterocycles. The highest BCUT2D eigenvalue weighted by molar-refractivity contribution is 5.97. The summed E-state index contributed by atoms with van der Waals surface area (Å²) in [4.78, 5) is 23.6. The van der Waals surface area contributed by atoms with Crippen LogP contribution in [0.1, 0.15) is 44.8 Å². The van der Waals surface area contributed by atoms with Crippen LogP contribution in [-0.2, 0) is 0 Å². The van der Waals surface area contributed by atoms with Crippen LogP contribution in [0.15, 0.2) is 60.7 Å². The van der Waals surface area contributed by atoms with Crippen LogP contribution in [0.2, 0.25) is 0 Å². The highest BCUT2D eigenvalue weighted by atomic mass is 16.1. The Hall–Kier alpha value is -2.94. The second-order valence-corrected chi connectivity index (χ2v) is 5.96. The van der Waals surface area contributed by atoms with Crippen molar-refractivity contribution in [1.29, 1.82) is 0 Å². The van der Waals surface area contributed by atoms with Crippen molar-refractivity contribution in [3.05, 3.63) is 82.9 Å². The van der Waals surface area contributed by atoms with Crippen molar-refractivity contribution >= 4 is 23.0 Å². The number of amides is 1. The molecule has 3 aromatic rings. The fourth-order valence-corrected chi connectivity index (χ4v) is 2.94. The lowest BCUT2D eigenvalue weighted by Crippen LogP contribution is -2.27. The zero-order valence-corrected chi connectivity index (χ0v) is 13.7. The predicted molar refractivity (Wildman–Crippen MR) is 96.4 cm³/mol. The minimum atomic E-state index is -0.170. The van der Waals surface area contributed by atoms with Gasteiger partial charge in [0.15, 0.2) is 0 Å². The van der Waals surface area contributed by atoms with Crippen molar-refractivity contribution in [3.8, 4) is 0 Å². The summed E-state index contributed by atoms with van der Waals surface area (Å²) < 4.78 is 0. The summed E-state index contributed by atoms with van der Waals surface area (Å²) >= 11 is 0. The van der Waals surface area contributed by atoms with E-state index < -0.39 is 0 Å². The van der Waals surface area contributed by atoms with E-state index in [0.29, 0.717) is 11.1 Å². The molecule has 1 unspecified atom stereocenters. The molecule has 3 nitrogen and oxygen atoms in total. The van der Waals surface area contributed by atoms with Crippen molar-refractivity contribution in [2.45, 2.75) is 19.9 Å². The molecule has 1 N–H and O–H groups in total. The van der Waals surface area contributed by atoms with Crippen molar-refractivity contribution < 1.29 is 9.59 Å². The molecular formula is C21H19NO2. The summed E-state index contributed by atoms with van der Waals surface area (Å²) in [5.41, 5.74) is 2.96. The average molecular weight is 317 g/mol. The Bertz CT molecular complexity index is 909. The molecule has 0 aliphatic carbocycles. The lowest BCUT2D eigenvalue weighted by molar-refractivity contribution is 0.0939. The van der Waals surface area contributed by atoms with Crippen LogP contribution in [-0.4, -0.2) is 12.2 Å². The number of hydrogen-bond donors (Lipinski definition) is 1. The molecule has 1 amide bonds. The quantitative estimate of drug-likeness (QED) is 0.723. The van der Waals surface area contributed by atoms with Crippen molar-refractivity contribution in [2.75, 3.05) is 0 Å². The molecule has 1 atom stereocenters. The molecular weight excluding hydrogens is 298 g/mol. The number of nitrogens with one attached hydrogen (secondary N) is 1. The molecule has 24 heavy (non-hydrogen) atoms. The third-order valence-electron chi connectivity index (χ3n) is 4.28. The van der Waals surface area contributed by atoms with Gasteiger partial charge in [-0.05, 0) is 41.8 Å². The summed E-state index contributed by atoms with van der Waals surface area (Å²) in [7, 11) is 0. The van der Waals surface area contributed by atoms with Crippen LogP contribution >= 0.6 is 0 Å². The molecule has 120 valence electrons. The highest BCUT2D eigenvalue weighted by Crippen LogP contribution is 2.24. The van der Waals surface area contributed by atoms with Gasteiger partial charge in [-0.3, -0.25) is 9.59 Å². The molecule has 3 heteroatoms. The number of aryl methyl sites for hydroxylation is 1. The van der Waals surface area contributed by atoms with E-state index in [1.807, 2.05) is 38.1 Å². The van der Waals surface area contributed by atoms with Gasteiger partial charge in [0.05, 0.1) is 6.04 Å². The largest absolute Gasteiger partial charge is 0.345 e. The minimum absolute atomic E-state index is 0.136. The predicted octanol–water partition coefficient (Wildman–Crippen LogP) is 4.45. The summed E-state index contributed by atoms with van der Waals surface area (Å²) in [5, 5.41) is 5.32. The number of rotatable bonds is 4. The molecule has 0 spiro atoms. The molecule has 3 aromatic carbocycles. The lowest BCUT2D eigenvalue weighted by Gasteiger charge is -2.17. The molecule has 3 rings (SSSR count). The number of aldehydes is 1. The summed E-state index contributed by atoms with van der Waals surface area (Å²) in [6, 6.07) is 19.2. The average Bonchev–Trinajstić information content (AvgIpc) is 2.61. The fourth-order valence-electron chi connectivity index (χ4n) is 2.94. The first-order chi connectivity index (χ1) is 11.6. The monoisotopic (exact) mass is 317 g/mol. The Morgan fingerprint density at radius 1 is 1.04 bits per heavy atom. The van der Waals surface area contributed by atoms with Gasteiger partial charge < -0.3 is 5.32 Å². The second-order valence-electron chi connectivity index (χ2n) is 5.96. The smallest absolute Gasteiger partial charge is 0.252 e. The topological polar surface area (TPSA) is 46.2 Å². The van der Waals surface area contributed by atoms with Crippen molar-refractivity contribution in [1.82, 2.24) is 5.32 Å². The van der Waals surface area contributed by atoms with Crippen molar-refractivity contribution in [2.24, 2.45) is 0 Å². The maximum absolute atomic E-state index is 12.6. The SMILES string of the molecule is Cc1ccc(C=O)cc1C(=O)NC(C)c1cccc2ccccc12. The third kappa shape index (κ3) is 3.06. The maximum atomic E-state index is 12.6. The molecule has 0 saturated carbocycles. The first-order valence-corrected chi connectivity index (χ1v) is 7.94. The van der Waals surface area contributed by atoms with E-state index in [1.165, 1.54) is 0 Å². The number of carbonyl (C=O) groups is 2. The van der Waals surface area contributed by atoms with E-state index in [1.54, 1.807) is 18.2 Å². The summed E-state index contributed by atoms with van der Waals surface area (Å²) in [6.07, 6.45) is 0.754. The first kappa shape index (κ1) is 15.9. The molecule has 0 aromatic heterocycles. The van der Waals surface area contributed by atoms with Crippen LogP contribution in [0.3, 0.4) is 0 Å². The van der Waals surface area contributed by atoms with Gasteiger partial charge in [-0.2, -0.15) is 0 Å². The highest BCUT2D eigenvalue weighted by Gasteiger charge is 2.15. The van der Waals surface area contributed by atoms with E-state index >= 15 is 0 Å². The summed E-state index contributed by atoms with van der Waals surface area (Å²) in [5.74, 6) is -0.170. The zero-order valence-electron chi connectivity index (χ0n) is 13.7. The van der Waals surface area contributed by atoms with Gasteiger partial charge in [-0.15, -0.1) is 0 Å².